The van der Waals surface area contributed by atoms with Crippen molar-refractivity contribution in [2.24, 2.45) is 5.41 Å². The minimum atomic E-state index is -0.916. The Hall–Kier alpha value is -1.58. The van der Waals surface area contributed by atoms with E-state index in [1.165, 1.54) is 25.1 Å². The van der Waals surface area contributed by atoms with E-state index in [2.05, 4.69) is 24.1 Å². The molecule has 1 aliphatic carbocycles. The van der Waals surface area contributed by atoms with E-state index in [0.29, 0.717) is 11.9 Å². The molecule has 0 spiro atoms. The molecule has 2 rings (SSSR count). The van der Waals surface area contributed by atoms with Gasteiger partial charge in [-0.3, -0.25) is 0 Å². The fourth-order valence-electron chi connectivity index (χ4n) is 2.42. The maximum absolute atomic E-state index is 10.9. The number of carboxylic acids is 1. The Labute approximate surface area is 101 Å². The third kappa shape index (κ3) is 2.57. The Morgan fingerprint density at radius 1 is 1.59 bits per heavy atom. The minimum Gasteiger partial charge on any atom is -0.478 e. The number of hydrogen-bond donors (Lipinski definition) is 2. The highest BCUT2D eigenvalue weighted by atomic mass is 16.4. The highest BCUT2D eigenvalue weighted by molar-refractivity contribution is 5.88. The van der Waals surface area contributed by atoms with Gasteiger partial charge < -0.3 is 10.4 Å². The van der Waals surface area contributed by atoms with Crippen molar-refractivity contribution in [3.8, 4) is 0 Å². The highest BCUT2D eigenvalue weighted by Crippen LogP contribution is 2.38. The fraction of sp³-hybridized carbons (Fsp3) is 0.538. The van der Waals surface area contributed by atoms with Crippen LogP contribution < -0.4 is 5.32 Å². The lowest BCUT2D eigenvalue weighted by molar-refractivity contribution is 0.0697. The Balaban J connectivity index is 2.13. The van der Waals surface area contributed by atoms with Gasteiger partial charge >= 0.3 is 5.97 Å². The van der Waals surface area contributed by atoms with Crippen LogP contribution in [0.25, 0.3) is 0 Å². The average molecular weight is 234 g/mol. The second kappa shape index (κ2) is 4.35. The van der Waals surface area contributed by atoms with Crippen molar-refractivity contribution in [1.29, 1.82) is 0 Å². The minimum absolute atomic E-state index is 0.251. The van der Waals surface area contributed by atoms with Gasteiger partial charge in [0.25, 0.3) is 0 Å². The lowest BCUT2D eigenvalue weighted by Crippen LogP contribution is -2.31. The molecule has 1 saturated carbocycles. The van der Waals surface area contributed by atoms with Crippen molar-refractivity contribution in [2.45, 2.75) is 39.2 Å². The van der Waals surface area contributed by atoms with Gasteiger partial charge in [-0.25, -0.2) is 9.78 Å². The van der Waals surface area contributed by atoms with Crippen molar-refractivity contribution < 1.29 is 9.90 Å². The van der Waals surface area contributed by atoms with E-state index in [4.69, 9.17) is 5.11 Å². The molecule has 1 heterocycles. The zero-order valence-corrected chi connectivity index (χ0v) is 10.2. The molecule has 0 radical (unpaired) electrons. The molecule has 0 aromatic carbocycles. The van der Waals surface area contributed by atoms with Gasteiger partial charge in [0, 0.05) is 12.2 Å². The van der Waals surface area contributed by atoms with Gasteiger partial charge in [0.1, 0.15) is 5.82 Å². The normalized spacial score (nSPS) is 22.4. The monoisotopic (exact) mass is 234 g/mol. The Kier molecular flexibility index (Phi) is 3.05. The van der Waals surface area contributed by atoms with Crippen LogP contribution in [-0.4, -0.2) is 22.1 Å². The SMILES string of the molecule is CC1(C)CCCC1Nc1cc(C(=O)O)ccn1. The topological polar surface area (TPSA) is 62.2 Å². The zero-order chi connectivity index (χ0) is 12.5. The molecule has 2 N–H and O–H groups in total. The molecular formula is C13H18N2O2. The van der Waals surface area contributed by atoms with Crippen LogP contribution in [0.4, 0.5) is 5.82 Å². The predicted octanol–water partition coefficient (Wildman–Crippen LogP) is 2.77. The van der Waals surface area contributed by atoms with E-state index in [-0.39, 0.29) is 11.0 Å². The molecule has 1 aliphatic rings. The molecular weight excluding hydrogens is 216 g/mol. The number of carboxylic acid groups (broad SMARTS) is 1. The Bertz CT molecular complexity index is 429. The van der Waals surface area contributed by atoms with Gasteiger partial charge in [0.15, 0.2) is 0 Å². The summed E-state index contributed by atoms with van der Waals surface area (Å²) in [5.74, 6) is -0.258. The van der Waals surface area contributed by atoms with Crippen molar-refractivity contribution in [3.05, 3.63) is 23.9 Å². The molecule has 4 heteroatoms. The lowest BCUT2D eigenvalue weighted by atomic mass is 9.87. The van der Waals surface area contributed by atoms with Crippen molar-refractivity contribution in [1.82, 2.24) is 4.98 Å². The smallest absolute Gasteiger partial charge is 0.335 e. The second-order valence-corrected chi connectivity index (χ2v) is 5.31. The summed E-state index contributed by atoms with van der Waals surface area (Å²) in [4.78, 5) is 15.0. The van der Waals surface area contributed by atoms with E-state index < -0.39 is 5.97 Å². The van der Waals surface area contributed by atoms with Crippen LogP contribution in [-0.2, 0) is 0 Å². The number of aromatic carboxylic acids is 1. The molecule has 1 aromatic rings. The fourth-order valence-corrected chi connectivity index (χ4v) is 2.42. The number of anilines is 1. The molecule has 0 amide bonds. The van der Waals surface area contributed by atoms with Gasteiger partial charge in [-0.05, 0) is 30.4 Å². The molecule has 0 aliphatic heterocycles. The summed E-state index contributed by atoms with van der Waals surface area (Å²) in [6.45, 7) is 4.47. The van der Waals surface area contributed by atoms with Crippen LogP contribution in [0.3, 0.4) is 0 Å². The van der Waals surface area contributed by atoms with Crippen molar-refractivity contribution in [3.63, 3.8) is 0 Å². The van der Waals surface area contributed by atoms with E-state index in [1.807, 2.05) is 0 Å². The first-order valence-corrected chi connectivity index (χ1v) is 5.95. The summed E-state index contributed by atoms with van der Waals surface area (Å²) in [5.41, 5.74) is 0.527. The molecule has 0 bridgehead atoms. The van der Waals surface area contributed by atoms with E-state index in [0.717, 1.165) is 6.42 Å². The van der Waals surface area contributed by atoms with Crippen LogP contribution in [0.1, 0.15) is 43.5 Å². The van der Waals surface area contributed by atoms with Crippen LogP contribution in [0, 0.1) is 5.41 Å². The summed E-state index contributed by atoms with van der Waals surface area (Å²) >= 11 is 0. The highest BCUT2D eigenvalue weighted by Gasteiger charge is 2.34. The van der Waals surface area contributed by atoms with Crippen LogP contribution in [0.2, 0.25) is 0 Å². The molecule has 1 aromatic heterocycles. The first kappa shape index (κ1) is 11.9. The van der Waals surface area contributed by atoms with Crippen LogP contribution in [0.15, 0.2) is 18.3 Å². The molecule has 92 valence electrons. The molecule has 1 unspecified atom stereocenters. The zero-order valence-electron chi connectivity index (χ0n) is 10.2. The van der Waals surface area contributed by atoms with Gasteiger partial charge in [0.2, 0.25) is 0 Å². The molecule has 4 nitrogen and oxygen atoms in total. The van der Waals surface area contributed by atoms with E-state index in [1.54, 1.807) is 6.07 Å². The van der Waals surface area contributed by atoms with Crippen LogP contribution in [0.5, 0.6) is 0 Å². The Morgan fingerprint density at radius 3 is 2.94 bits per heavy atom. The standard InChI is InChI=1S/C13H18N2O2/c1-13(2)6-3-4-10(13)15-11-8-9(12(16)17)5-7-14-11/h5,7-8,10H,3-4,6H2,1-2H3,(H,14,15)(H,16,17). The number of rotatable bonds is 3. The molecule has 1 atom stereocenters. The van der Waals surface area contributed by atoms with Gasteiger partial charge in [0.05, 0.1) is 5.56 Å². The molecule has 0 saturated heterocycles. The summed E-state index contributed by atoms with van der Waals surface area (Å²) in [5, 5.41) is 12.3. The lowest BCUT2D eigenvalue weighted by Gasteiger charge is -2.28. The summed E-state index contributed by atoms with van der Waals surface area (Å²) < 4.78 is 0. The predicted molar refractivity (Wildman–Crippen MR) is 66.2 cm³/mol. The largest absolute Gasteiger partial charge is 0.478 e. The first-order chi connectivity index (χ1) is 7.99. The number of nitrogens with one attached hydrogen (secondary N) is 1. The van der Waals surface area contributed by atoms with Crippen molar-refractivity contribution >= 4 is 11.8 Å². The van der Waals surface area contributed by atoms with E-state index in [9.17, 15) is 4.79 Å². The van der Waals surface area contributed by atoms with E-state index >= 15 is 0 Å². The summed E-state index contributed by atoms with van der Waals surface area (Å²) in [6.07, 6.45) is 5.06. The molecule has 1 fully saturated rings. The van der Waals surface area contributed by atoms with Crippen LogP contribution >= 0.6 is 0 Å². The molecule has 17 heavy (non-hydrogen) atoms. The third-order valence-corrected chi connectivity index (χ3v) is 3.59. The van der Waals surface area contributed by atoms with Gasteiger partial charge in [-0.1, -0.05) is 20.3 Å². The van der Waals surface area contributed by atoms with Gasteiger partial charge in [-0.15, -0.1) is 0 Å². The number of carbonyl (C=O) groups is 1. The van der Waals surface area contributed by atoms with Crippen molar-refractivity contribution in [2.75, 3.05) is 5.32 Å². The number of aromatic nitrogens is 1. The average Bonchev–Trinajstić information content (AvgIpc) is 2.59. The quantitative estimate of drug-likeness (QED) is 0.844. The maximum Gasteiger partial charge on any atom is 0.335 e. The number of hydrogen-bond acceptors (Lipinski definition) is 3. The second-order valence-electron chi connectivity index (χ2n) is 5.31. The summed E-state index contributed by atoms with van der Waals surface area (Å²) in [7, 11) is 0. The third-order valence-electron chi connectivity index (χ3n) is 3.59. The van der Waals surface area contributed by atoms with Gasteiger partial charge in [-0.2, -0.15) is 0 Å². The summed E-state index contributed by atoms with van der Waals surface area (Å²) in [6, 6.07) is 3.48. The number of nitrogens with zero attached hydrogens (tertiary/aromatic N) is 1. The number of pyridine rings is 1. The Morgan fingerprint density at radius 2 is 2.35 bits per heavy atom. The first-order valence-electron chi connectivity index (χ1n) is 5.95. The maximum atomic E-state index is 10.9.